The Morgan fingerprint density at radius 3 is 2.71 bits per heavy atom. The molecule has 3 nitrogen and oxygen atoms in total. The van der Waals surface area contributed by atoms with E-state index in [2.05, 4.69) is 128 Å². The van der Waals surface area contributed by atoms with Crippen molar-refractivity contribution in [3.05, 3.63) is 120 Å². The van der Waals surface area contributed by atoms with Crippen LogP contribution in [-0.2, 0) is 6.42 Å². The standard InChI is InChI=1S/C35H36N2O/c1-24(2)22-25-12-11-13-26-27-16-17-28-30(37-21-10-5-14-29(37)32(28)34(27)38-33(25)26)23-36-20-9-6-15-31(36)35(3)18-7-4-8-19-35/h4-18,21,24,29-30H,19-20,22-23H2,1-3H3/t29?,30-,35?/m1/s1. The Kier molecular flexibility index (Phi) is 5.51. The molecule has 1 aromatic heterocycles. The third kappa shape index (κ3) is 3.63. The first-order valence-electron chi connectivity index (χ1n) is 14.1. The van der Waals surface area contributed by atoms with Gasteiger partial charge in [-0.2, -0.15) is 0 Å². The average molecular weight is 501 g/mol. The minimum Gasteiger partial charge on any atom is -0.455 e. The van der Waals surface area contributed by atoms with E-state index < -0.39 is 0 Å². The predicted molar refractivity (Wildman–Crippen MR) is 158 cm³/mol. The number of furan rings is 1. The van der Waals surface area contributed by atoms with Gasteiger partial charge in [0.25, 0.3) is 0 Å². The Bertz CT molecular complexity index is 1590. The lowest BCUT2D eigenvalue weighted by molar-refractivity contribution is 0.192. The first-order chi connectivity index (χ1) is 18.5. The van der Waals surface area contributed by atoms with Gasteiger partial charge in [0.05, 0.1) is 12.1 Å². The van der Waals surface area contributed by atoms with E-state index in [-0.39, 0.29) is 17.5 Å². The zero-order valence-corrected chi connectivity index (χ0v) is 22.6. The summed E-state index contributed by atoms with van der Waals surface area (Å²) >= 11 is 0. The molecule has 0 saturated heterocycles. The SMILES string of the molecule is CC(C)Cc1cccc2c1oc1c3c(ccc12)[C@@H](CN1CC=CC=C1C1(C)C=CC=CC1)N1C=CC=CC31. The summed E-state index contributed by atoms with van der Waals surface area (Å²) in [5, 5.41) is 2.48. The van der Waals surface area contributed by atoms with Gasteiger partial charge >= 0.3 is 0 Å². The number of allylic oxidation sites excluding steroid dienone is 8. The quantitative estimate of drug-likeness (QED) is 0.350. The van der Waals surface area contributed by atoms with E-state index in [1.165, 1.54) is 33.2 Å². The highest BCUT2D eigenvalue weighted by Crippen LogP contribution is 2.50. The van der Waals surface area contributed by atoms with Crippen molar-refractivity contribution in [1.82, 2.24) is 9.80 Å². The Hall–Kier alpha value is -3.72. The van der Waals surface area contributed by atoms with Crippen LogP contribution in [0.5, 0.6) is 0 Å². The molecule has 3 heteroatoms. The van der Waals surface area contributed by atoms with Crippen molar-refractivity contribution in [3.8, 4) is 0 Å². The van der Waals surface area contributed by atoms with E-state index in [1.807, 2.05) is 0 Å². The van der Waals surface area contributed by atoms with Gasteiger partial charge in [0.2, 0.25) is 0 Å². The van der Waals surface area contributed by atoms with Gasteiger partial charge in [0.15, 0.2) is 0 Å². The van der Waals surface area contributed by atoms with Gasteiger partial charge in [-0.25, -0.2) is 0 Å². The number of nitrogens with zero attached hydrogens (tertiary/aromatic N) is 2. The van der Waals surface area contributed by atoms with Crippen molar-refractivity contribution in [1.29, 1.82) is 0 Å². The van der Waals surface area contributed by atoms with Crippen LogP contribution in [-0.4, -0.2) is 22.9 Å². The molecule has 0 bridgehead atoms. The predicted octanol–water partition coefficient (Wildman–Crippen LogP) is 8.54. The fraction of sp³-hybridized carbons (Fsp3) is 0.314. The topological polar surface area (TPSA) is 19.6 Å². The molecule has 4 heterocycles. The summed E-state index contributed by atoms with van der Waals surface area (Å²) in [4.78, 5) is 5.14. The van der Waals surface area contributed by atoms with Gasteiger partial charge in [0, 0.05) is 46.7 Å². The molecule has 2 aromatic carbocycles. The van der Waals surface area contributed by atoms with Crippen molar-refractivity contribution in [2.24, 2.45) is 11.3 Å². The van der Waals surface area contributed by atoms with Gasteiger partial charge in [-0.1, -0.05) is 99.7 Å². The van der Waals surface area contributed by atoms with E-state index in [0.29, 0.717) is 5.92 Å². The van der Waals surface area contributed by atoms with E-state index in [9.17, 15) is 0 Å². The molecule has 0 fully saturated rings. The highest BCUT2D eigenvalue weighted by Gasteiger charge is 2.41. The van der Waals surface area contributed by atoms with Crippen LogP contribution in [0.2, 0.25) is 0 Å². The van der Waals surface area contributed by atoms with Crippen LogP contribution in [0.3, 0.4) is 0 Å². The molecule has 7 rings (SSSR count). The molecule has 1 aliphatic carbocycles. The molecule has 0 amide bonds. The molecule has 3 atom stereocenters. The number of hydrogen-bond acceptors (Lipinski definition) is 3. The van der Waals surface area contributed by atoms with Crippen molar-refractivity contribution < 1.29 is 4.42 Å². The van der Waals surface area contributed by atoms with E-state index in [4.69, 9.17) is 4.42 Å². The van der Waals surface area contributed by atoms with Gasteiger partial charge in [-0.3, -0.25) is 0 Å². The van der Waals surface area contributed by atoms with Crippen LogP contribution in [0.25, 0.3) is 21.9 Å². The zero-order chi connectivity index (χ0) is 25.9. The lowest BCUT2D eigenvalue weighted by atomic mass is 9.79. The second kappa shape index (κ2) is 8.94. The van der Waals surface area contributed by atoms with E-state index in [0.717, 1.165) is 37.1 Å². The molecule has 0 N–H and O–H groups in total. The summed E-state index contributed by atoms with van der Waals surface area (Å²) < 4.78 is 6.81. The fourth-order valence-electron chi connectivity index (χ4n) is 6.96. The molecule has 4 aliphatic rings. The molecule has 2 unspecified atom stereocenters. The van der Waals surface area contributed by atoms with Crippen LogP contribution in [0, 0.1) is 11.3 Å². The number of benzene rings is 2. The van der Waals surface area contributed by atoms with Crippen LogP contribution in [0.15, 0.2) is 107 Å². The molecular weight excluding hydrogens is 464 g/mol. The first-order valence-corrected chi connectivity index (χ1v) is 14.1. The number of para-hydroxylation sites is 1. The largest absolute Gasteiger partial charge is 0.455 e. The average Bonchev–Trinajstić information content (AvgIpc) is 3.46. The molecule has 3 aromatic rings. The maximum absolute atomic E-state index is 6.81. The summed E-state index contributed by atoms with van der Waals surface area (Å²) in [7, 11) is 0. The van der Waals surface area contributed by atoms with Crippen LogP contribution in [0.4, 0.5) is 0 Å². The van der Waals surface area contributed by atoms with Crippen LogP contribution in [0.1, 0.15) is 56.0 Å². The number of hydrogen-bond donors (Lipinski definition) is 0. The van der Waals surface area contributed by atoms with Gasteiger partial charge in [-0.05, 0) is 42.0 Å². The molecule has 0 saturated carbocycles. The molecule has 3 aliphatic heterocycles. The molecule has 0 spiro atoms. The monoisotopic (exact) mass is 500 g/mol. The smallest absolute Gasteiger partial charge is 0.141 e. The molecular formula is C35H36N2O. The third-order valence-electron chi connectivity index (χ3n) is 8.74. The summed E-state index contributed by atoms with van der Waals surface area (Å²) in [5.41, 5.74) is 7.59. The van der Waals surface area contributed by atoms with E-state index >= 15 is 0 Å². The molecule has 38 heavy (non-hydrogen) atoms. The fourth-order valence-corrected chi connectivity index (χ4v) is 6.96. The number of rotatable bonds is 5. The highest BCUT2D eigenvalue weighted by atomic mass is 16.3. The summed E-state index contributed by atoms with van der Waals surface area (Å²) in [6, 6.07) is 11.8. The molecule has 0 radical (unpaired) electrons. The van der Waals surface area contributed by atoms with Crippen molar-refractivity contribution in [2.45, 2.75) is 45.7 Å². The number of fused-ring (bicyclic) bond motifs is 7. The Morgan fingerprint density at radius 2 is 1.87 bits per heavy atom. The Balaban J connectivity index is 1.33. The van der Waals surface area contributed by atoms with Crippen molar-refractivity contribution >= 4 is 21.9 Å². The summed E-state index contributed by atoms with van der Waals surface area (Å²) in [6.07, 6.45) is 26.9. The lowest BCUT2D eigenvalue weighted by Gasteiger charge is -2.42. The van der Waals surface area contributed by atoms with Crippen LogP contribution < -0.4 is 0 Å². The first kappa shape index (κ1) is 23.4. The van der Waals surface area contributed by atoms with Crippen molar-refractivity contribution in [2.75, 3.05) is 13.1 Å². The highest BCUT2D eigenvalue weighted by molar-refractivity contribution is 6.07. The Labute approximate surface area is 225 Å². The van der Waals surface area contributed by atoms with Crippen molar-refractivity contribution in [3.63, 3.8) is 0 Å². The second-order valence-corrected chi connectivity index (χ2v) is 11.9. The maximum atomic E-state index is 6.81. The third-order valence-corrected chi connectivity index (χ3v) is 8.74. The van der Waals surface area contributed by atoms with Gasteiger partial charge < -0.3 is 14.2 Å². The minimum atomic E-state index is 0.0213. The second-order valence-electron chi connectivity index (χ2n) is 11.9. The molecule has 192 valence electrons. The van der Waals surface area contributed by atoms with Gasteiger partial charge in [-0.15, -0.1) is 0 Å². The maximum Gasteiger partial charge on any atom is 0.141 e. The Morgan fingerprint density at radius 1 is 0.974 bits per heavy atom. The summed E-state index contributed by atoms with van der Waals surface area (Å²) in [5.74, 6) is 0.586. The lowest BCUT2D eigenvalue weighted by Crippen LogP contribution is -2.39. The normalized spacial score (nSPS) is 25.6. The van der Waals surface area contributed by atoms with Gasteiger partial charge in [0.1, 0.15) is 11.2 Å². The van der Waals surface area contributed by atoms with Crippen LogP contribution >= 0.6 is 0 Å². The zero-order valence-electron chi connectivity index (χ0n) is 22.6. The van der Waals surface area contributed by atoms with E-state index in [1.54, 1.807) is 0 Å². The minimum absolute atomic E-state index is 0.0213. The summed E-state index contributed by atoms with van der Waals surface area (Å²) in [6.45, 7) is 8.80.